The first-order chi connectivity index (χ1) is 8.24. The summed E-state index contributed by atoms with van der Waals surface area (Å²) in [6, 6.07) is 1.76. The summed E-state index contributed by atoms with van der Waals surface area (Å²) in [6.45, 7) is 5.07. The molecule has 1 unspecified atom stereocenters. The molecule has 0 spiro atoms. The summed E-state index contributed by atoms with van der Waals surface area (Å²) in [6.07, 6.45) is 4.53. The molecule has 0 aliphatic carbocycles. The molecule has 17 heavy (non-hydrogen) atoms. The molecule has 0 radical (unpaired) electrons. The first-order valence-corrected chi connectivity index (χ1v) is 6.16. The van der Waals surface area contributed by atoms with Gasteiger partial charge in [-0.15, -0.1) is 0 Å². The molecule has 1 N–H and O–H groups in total. The zero-order valence-corrected chi connectivity index (χ0v) is 10.8. The van der Waals surface area contributed by atoms with Crippen LogP contribution in [0, 0.1) is 5.82 Å². The Balaban J connectivity index is 2.92. The van der Waals surface area contributed by atoms with Gasteiger partial charge in [0.25, 0.3) is 0 Å². The third-order valence-corrected chi connectivity index (χ3v) is 2.67. The Kier molecular flexibility index (Phi) is 5.91. The second-order valence-corrected chi connectivity index (χ2v) is 4.02. The Hall–Kier alpha value is -1.16. The van der Waals surface area contributed by atoms with E-state index in [1.807, 2.05) is 0 Å². The summed E-state index contributed by atoms with van der Waals surface area (Å²) in [5, 5.41) is 3.36. The first kappa shape index (κ1) is 13.9. The number of halogens is 1. The molecule has 0 aromatic carbocycles. The summed E-state index contributed by atoms with van der Waals surface area (Å²) in [4.78, 5) is 3.86. The third kappa shape index (κ3) is 3.66. The van der Waals surface area contributed by atoms with Gasteiger partial charge in [-0.05, 0) is 25.5 Å². The Morgan fingerprint density at radius 3 is 2.76 bits per heavy atom. The van der Waals surface area contributed by atoms with Crippen molar-refractivity contribution in [1.29, 1.82) is 0 Å². The van der Waals surface area contributed by atoms with Gasteiger partial charge in [0.05, 0.1) is 7.11 Å². The highest BCUT2D eigenvalue weighted by molar-refractivity contribution is 5.26. The molecule has 1 aromatic rings. The fraction of sp³-hybridized carbons (Fsp3) is 0.615. The third-order valence-electron chi connectivity index (χ3n) is 2.67. The lowest BCUT2D eigenvalue weighted by Gasteiger charge is -2.19. The van der Waals surface area contributed by atoms with Crippen LogP contribution < -0.4 is 10.1 Å². The average molecular weight is 240 g/mol. The van der Waals surface area contributed by atoms with Crippen LogP contribution in [-0.4, -0.2) is 18.6 Å². The van der Waals surface area contributed by atoms with Crippen LogP contribution in [0.1, 0.15) is 44.7 Å². The number of pyridine rings is 1. The Labute approximate surface area is 102 Å². The van der Waals surface area contributed by atoms with Gasteiger partial charge in [0, 0.05) is 17.8 Å². The van der Waals surface area contributed by atoms with Gasteiger partial charge in [0.15, 0.2) is 5.82 Å². The predicted molar refractivity (Wildman–Crippen MR) is 66.7 cm³/mol. The van der Waals surface area contributed by atoms with Gasteiger partial charge in [-0.2, -0.15) is 0 Å². The van der Waals surface area contributed by atoms with Crippen molar-refractivity contribution in [1.82, 2.24) is 10.3 Å². The molecule has 4 heteroatoms. The molecule has 1 heterocycles. The van der Waals surface area contributed by atoms with Gasteiger partial charge in [-0.25, -0.2) is 9.37 Å². The van der Waals surface area contributed by atoms with Crippen LogP contribution in [-0.2, 0) is 0 Å². The number of nitrogens with one attached hydrogen (secondary N) is 1. The van der Waals surface area contributed by atoms with Crippen molar-refractivity contribution in [3.05, 3.63) is 23.6 Å². The summed E-state index contributed by atoms with van der Waals surface area (Å²) >= 11 is 0. The molecule has 0 bridgehead atoms. The van der Waals surface area contributed by atoms with Crippen molar-refractivity contribution in [2.45, 2.75) is 39.2 Å². The molecule has 1 rings (SSSR count). The predicted octanol–water partition coefficient (Wildman–Crippen LogP) is 3.07. The highest BCUT2D eigenvalue weighted by Crippen LogP contribution is 2.25. The van der Waals surface area contributed by atoms with Crippen LogP contribution in [0.3, 0.4) is 0 Å². The van der Waals surface area contributed by atoms with Crippen molar-refractivity contribution >= 4 is 0 Å². The van der Waals surface area contributed by atoms with E-state index in [2.05, 4.69) is 24.1 Å². The van der Waals surface area contributed by atoms with Crippen LogP contribution in [0.25, 0.3) is 0 Å². The minimum Gasteiger partial charge on any atom is -0.479 e. The number of methoxy groups -OCH3 is 1. The van der Waals surface area contributed by atoms with Gasteiger partial charge in [-0.3, -0.25) is 0 Å². The first-order valence-electron chi connectivity index (χ1n) is 6.16. The number of nitrogens with zero attached hydrogens (tertiary/aromatic N) is 1. The van der Waals surface area contributed by atoms with E-state index < -0.39 is 0 Å². The van der Waals surface area contributed by atoms with Gasteiger partial charge < -0.3 is 10.1 Å². The standard InChI is InChI=1S/C13H21FN2O/c1-4-6-11(15-8-5-2)10-7-9-16-13(17-3)12(10)14/h7,9,11,15H,4-6,8H2,1-3H3. The number of aromatic nitrogens is 1. The fourth-order valence-corrected chi connectivity index (χ4v) is 1.82. The normalized spacial score (nSPS) is 12.5. The molecule has 0 saturated heterocycles. The molecule has 0 aliphatic heterocycles. The van der Waals surface area contributed by atoms with Crippen LogP contribution in [0.15, 0.2) is 12.3 Å². The summed E-state index contributed by atoms with van der Waals surface area (Å²) in [7, 11) is 1.43. The zero-order valence-electron chi connectivity index (χ0n) is 10.8. The van der Waals surface area contributed by atoms with E-state index in [9.17, 15) is 4.39 Å². The molecule has 0 amide bonds. The lowest BCUT2D eigenvalue weighted by Crippen LogP contribution is -2.23. The highest BCUT2D eigenvalue weighted by atomic mass is 19.1. The monoisotopic (exact) mass is 240 g/mol. The average Bonchev–Trinajstić information content (AvgIpc) is 2.35. The van der Waals surface area contributed by atoms with E-state index >= 15 is 0 Å². The minimum absolute atomic E-state index is 0.0387. The van der Waals surface area contributed by atoms with Crippen molar-refractivity contribution < 1.29 is 9.13 Å². The number of hydrogen-bond donors (Lipinski definition) is 1. The van der Waals surface area contributed by atoms with E-state index in [-0.39, 0.29) is 17.7 Å². The molecule has 0 fully saturated rings. The summed E-state index contributed by atoms with van der Waals surface area (Å²) in [5.41, 5.74) is 0.646. The van der Waals surface area contributed by atoms with Crippen molar-refractivity contribution in [2.75, 3.05) is 13.7 Å². The van der Waals surface area contributed by atoms with Gasteiger partial charge in [-0.1, -0.05) is 20.3 Å². The van der Waals surface area contributed by atoms with Crippen LogP contribution in [0.4, 0.5) is 4.39 Å². The quantitative estimate of drug-likeness (QED) is 0.795. The van der Waals surface area contributed by atoms with E-state index in [0.29, 0.717) is 5.56 Å². The largest absolute Gasteiger partial charge is 0.479 e. The second kappa shape index (κ2) is 7.22. The Morgan fingerprint density at radius 1 is 1.41 bits per heavy atom. The van der Waals surface area contributed by atoms with E-state index in [1.165, 1.54) is 7.11 Å². The van der Waals surface area contributed by atoms with Crippen LogP contribution in [0.5, 0.6) is 5.88 Å². The smallest absolute Gasteiger partial charge is 0.250 e. The molecule has 1 atom stereocenters. The van der Waals surface area contributed by atoms with Crippen molar-refractivity contribution in [2.24, 2.45) is 0 Å². The molecular weight excluding hydrogens is 219 g/mol. The maximum absolute atomic E-state index is 14.0. The lowest BCUT2D eigenvalue weighted by atomic mass is 10.0. The van der Waals surface area contributed by atoms with Crippen molar-refractivity contribution in [3.63, 3.8) is 0 Å². The van der Waals surface area contributed by atoms with E-state index in [4.69, 9.17) is 4.74 Å². The fourth-order valence-electron chi connectivity index (χ4n) is 1.82. The SMILES string of the molecule is CCCNC(CCC)c1ccnc(OC)c1F. The van der Waals surface area contributed by atoms with Crippen molar-refractivity contribution in [3.8, 4) is 5.88 Å². The maximum Gasteiger partial charge on any atom is 0.250 e. The maximum atomic E-state index is 14.0. The summed E-state index contributed by atoms with van der Waals surface area (Å²) < 4.78 is 19.0. The van der Waals surface area contributed by atoms with Gasteiger partial charge in [0.2, 0.25) is 5.88 Å². The van der Waals surface area contributed by atoms with Gasteiger partial charge >= 0.3 is 0 Å². The lowest BCUT2D eigenvalue weighted by molar-refractivity contribution is 0.360. The second-order valence-electron chi connectivity index (χ2n) is 4.02. The topological polar surface area (TPSA) is 34.2 Å². The Bertz CT molecular complexity index is 344. The van der Waals surface area contributed by atoms with Crippen LogP contribution in [0.2, 0.25) is 0 Å². The zero-order chi connectivity index (χ0) is 12.7. The minimum atomic E-state index is -0.350. The summed E-state index contributed by atoms with van der Waals surface area (Å²) in [5.74, 6) is -0.279. The number of ether oxygens (including phenoxy) is 1. The highest BCUT2D eigenvalue weighted by Gasteiger charge is 2.17. The van der Waals surface area contributed by atoms with Crippen LogP contribution >= 0.6 is 0 Å². The molecule has 0 aliphatic rings. The molecule has 0 saturated carbocycles. The van der Waals surface area contributed by atoms with E-state index in [1.54, 1.807) is 12.3 Å². The molecule has 3 nitrogen and oxygen atoms in total. The number of rotatable bonds is 7. The number of hydrogen-bond acceptors (Lipinski definition) is 3. The van der Waals surface area contributed by atoms with Gasteiger partial charge in [0.1, 0.15) is 0 Å². The molecule has 1 aromatic heterocycles. The molecule has 96 valence electrons. The van der Waals surface area contributed by atoms with E-state index in [0.717, 1.165) is 25.8 Å². The molecular formula is C13H21FN2O. The Morgan fingerprint density at radius 2 is 2.18 bits per heavy atom.